The lowest BCUT2D eigenvalue weighted by Gasteiger charge is -2.21. The van der Waals surface area contributed by atoms with Gasteiger partial charge in [0.1, 0.15) is 11.2 Å². The molecule has 1 aromatic rings. The Kier molecular flexibility index (Phi) is 3.43. The molecular formula is C12H12BrN3O. The van der Waals surface area contributed by atoms with Gasteiger partial charge in [0.2, 0.25) is 0 Å². The molecule has 17 heavy (non-hydrogen) atoms. The van der Waals surface area contributed by atoms with Crippen molar-refractivity contribution in [3.8, 4) is 6.07 Å². The molecule has 2 rings (SSSR count). The van der Waals surface area contributed by atoms with Crippen molar-refractivity contribution in [2.45, 2.75) is 31.2 Å². The van der Waals surface area contributed by atoms with Gasteiger partial charge >= 0.3 is 0 Å². The number of nitrogens with one attached hydrogen (secondary N) is 1. The molecule has 5 heteroatoms. The zero-order chi connectivity index (χ0) is 12.3. The molecule has 0 unspecified atom stereocenters. The van der Waals surface area contributed by atoms with E-state index in [1.165, 1.54) is 0 Å². The quantitative estimate of drug-likeness (QED) is 0.911. The summed E-state index contributed by atoms with van der Waals surface area (Å²) < 4.78 is 0.642. The van der Waals surface area contributed by atoms with Crippen LogP contribution in [0.3, 0.4) is 0 Å². The molecule has 1 heterocycles. The van der Waals surface area contributed by atoms with Crippen LogP contribution in [0, 0.1) is 11.3 Å². The van der Waals surface area contributed by atoms with Crippen molar-refractivity contribution in [2.75, 3.05) is 0 Å². The summed E-state index contributed by atoms with van der Waals surface area (Å²) in [6, 6.07) is 5.73. The summed E-state index contributed by atoms with van der Waals surface area (Å²) in [4.78, 5) is 16.0. The van der Waals surface area contributed by atoms with Gasteiger partial charge in [-0.15, -0.1) is 0 Å². The Morgan fingerprint density at radius 3 is 2.82 bits per heavy atom. The summed E-state index contributed by atoms with van der Waals surface area (Å²) in [6.45, 7) is 0. The van der Waals surface area contributed by atoms with E-state index in [-0.39, 0.29) is 5.91 Å². The van der Waals surface area contributed by atoms with Crippen LogP contribution in [0.1, 0.15) is 36.2 Å². The first-order valence-corrected chi connectivity index (χ1v) is 6.30. The second kappa shape index (κ2) is 4.84. The van der Waals surface area contributed by atoms with E-state index in [0.717, 1.165) is 25.7 Å². The van der Waals surface area contributed by atoms with E-state index < -0.39 is 5.54 Å². The van der Waals surface area contributed by atoms with E-state index in [1.54, 1.807) is 18.3 Å². The number of nitriles is 1. The molecular weight excluding hydrogens is 282 g/mol. The third kappa shape index (κ3) is 2.47. The normalized spacial score (nSPS) is 17.4. The number of halogens is 1. The van der Waals surface area contributed by atoms with Crippen LogP contribution in [0.5, 0.6) is 0 Å². The molecule has 0 aliphatic heterocycles. The average Bonchev–Trinajstić information content (AvgIpc) is 2.79. The molecule has 88 valence electrons. The predicted octanol–water partition coefficient (Wildman–Crippen LogP) is 2.41. The minimum Gasteiger partial charge on any atom is -0.332 e. The highest BCUT2D eigenvalue weighted by Crippen LogP contribution is 2.29. The molecule has 0 bridgehead atoms. The molecule has 1 aromatic heterocycles. The smallest absolute Gasteiger partial charge is 0.272 e. The minimum atomic E-state index is -0.700. The Hall–Kier alpha value is -1.41. The Balaban J connectivity index is 2.17. The maximum Gasteiger partial charge on any atom is 0.272 e. The highest BCUT2D eigenvalue weighted by molar-refractivity contribution is 9.10. The Morgan fingerprint density at radius 1 is 1.53 bits per heavy atom. The first-order valence-electron chi connectivity index (χ1n) is 5.51. The van der Waals surface area contributed by atoms with Gasteiger partial charge in [0.25, 0.3) is 5.91 Å². The molecule has 1 aliphatic rings. The van der Waals surface area contributed by atoms with Gasteiger partial charge in [0.05, 0.1) is 6.07 Å². The molecule has 1 amide bonds. The molecule has 0 aromatic carbocycles. The summed E-state index contributed by atoms with van der Waals surface area (Å²) in [6.07, 6.45) is 4.97. The van der Waals surface area contributed by atoms with Gasteiger partial charge in [-0.1, -0.05) is 0 Å². The Morgan fingerprint density at radius 2 is 2.24 bits per heavy atom. The second-order valence-electron chi connectivity index (χ2n) is 4.19. The van der Waals surface area contributed by atoms with E-state index in [4.69, 9.17) is 0 Å². The molecule has 0 atom stereocenters. The molecule has 0 saturated heterocycles. The summed E-state index contributed by atoms with van der Waals surface area (Å²) in [7, 11) is 0. The number of carbonyl (C=O) groups excluding carboxylic acids is 1. The highest BCUT2D eigenvalue weighted by atomic mass is 79.9. The monoisotopic (exact) mass is 293 g/mol. The number of aromatic nitrogens is 1. The van der Waals surface area contributed by atoms with E-state index in [2.05, 4.69) is 32.3 Å². The number of carbonyl (C=O) groups is 1. The van der Waals surface area contributed by atoms with Crippen LogP contribution in [-0.4, -0.2) is 16.4 Å². The van der Waals surface area contributed by atoms with E-state index in [9.17, 15) is 10.1 Å². The molecule has 0 radical (unpaired) electrons. The number of rotatable bonds is 2. The van der Waals surface area contributed by atoms with Gasteiger partial charge in [-0.25, -0.2) is 4.98 Å². The van der Waals surface area contributed by atoms with E-state index in [0.29, 0.717) is 10.2 Å². The summed E-state index contributed by atoms with van der Waals surface area (Å²) in [5, 5.41) is 12.0. The molecule has 4 nitrogen and oxygen atoms in total. The first kappa shape index (κ1) is 12.1. The van der Waals surface area contributed by atoms with E-state index in [1.807, 2.05) is 0 Å². The van der Waals surface area contributed by atoms with Gasteiger partial charge < -0.3 is 5.32 Å². The van der Waals surface area contributed by atoms with Crippen LogP contribution in [0.4, 0.5) is 0 Å². The van der Waals surface area contributed by atoms with Crippen molar-refractivity contribution in [1.82, 2.24) is 10.3 Å². The number of hydrogen-bond donors (Lipinski definition) is 1. The number of pyridine rings is 1. The van der Waals surface area contributed by atoms with Crippen LogP contribution in [0.2, 0.25) is 0 Å². The first-order chi connectivity index (χ1) is 8.17. The zero-order valence-corrected chi connectivity index (χ0v) is 10.8. The molecule has 1 aliphatic carbocycles. The van der Waals surface area contributed by atoms with Crippen LogP contribution in [0.15, 0.2) is 22.8 Å². The maximum atomic E-state index is 12.0. The van der Waals surface area contributed by atoms with Gasteiger partial charge in [0, 0.05) is 10.7 Å². The van der Waals surface area contributed by atoms with Crippen molar-refractivity contribution in [2.24, 2.45) is 0 Å². The molecule has 1 fully saturated rings. The number of nitrogens with zero attached hydrogens (tertiary/aromatic N) is 2. The van der Waals surface area contributed by atoms with Crippen molar-refractivity contribution in [3.63, 3.8) is 0 Å². The van der Waals surface area contributed by atoms with Gasteiger partial charge in [0.15, 0.2) is 0 Å². The minimum absolute atomic E-state index is 0.291. The number of hydrogen-bond acceptors (Lipinski definition) is 3. The SMILES string of the molecule is N#CC1(NC(=O)c2ncccc2Br)CCCC1. The fraction of sp³-hybridized carbons (Fsp3) is 0.417. The van der Waals surface area contributed by atoms with Gasteiger partial charge in [-0.05, 0) is 53.7 Å². The summed E-state index contributed by atoms with van der Waals surface area (Å²) in [5.74, 6) is -0.291. The van der Waals surface area contributed by atoms with Crippen LogP contribution in [0.25, 0.3) is 0 Å². The standard InChI is InChI=1S/C12H12BrN3O/c13-9-4-3-7-15-10(9)11(17)16-12(8-14)5-1-2-6-12/h3-4,7H,1-2,5-6H2,(H,16,17). The van der Waals surface area contributed by atoms with Gasteiger partial charge in [-0.2, -0.15) is 5.26 Å². The van der Waals surface area contributed by atoms with E-state index >= 15 is 0 Å². The summed E-state index contributed by atoms with van der Waals surface area (Å²) >= 11 is 3.28. The van der Waals surface area contributed by atoms with Gasteiger partial charge in [-0.3, -0.25) is 4.79 Å². The average molecular weight is 294 g/mol. The maximum absolute atomic E-state index is 12.0. The van der Waals surface area contributed by atoms with Crippen LogP contribution >= 0.6 is 15.9 Å². The highest BCUT2D eigenvalue weighted by Gasteiger charge is 2.36. The van der Waals surface area contributed by atoms with Crippen molar-refractivity contribution in [3.05, 3.63) is 28.5 Å². The number of amides is 1. The van der Waals surface area contributed by atoms with Crippen molar-refractivity contribution >= 4 is 21.8 Å². The third-order valence-electron chi connectivity index (χ3n) is 3.00. The second-order valence-corrected chi connectivity index (χ2v) is 5.04. The zero-order valence-electron chi connectivity index (χ0n) is 9.24. The van der Waals surface area contributed by atoms with Crippen molar-refractivity contribution < 1.29 is 4.79 Å². The fourth-order valence-electron chi connectivity index (χ4n) is 2.07. The molecule has 1 saturated carbocycles. The van der Waals surface area contributed by atoms with Crippen LogP contribution < -0.4 is 5.32 Å². The van der Waals surface area contributed by atoms with Crippen molar-refractivity contribution in [1.29, 1.82) is 5.26 Å². The lowest BCUT2D eigenvalue weighted by atomic mass is 10.00. The summed E-state index contributed by atoms with van der Waals surface area (Å²) in [5.41, 5.74) is -0.373. The van der Waals surface area contributed by atoms with Crippen LogP contribution in [-0.2, 0) is 0 Å². The Bertz CT molecular complexity index is 475. The Labute approximate surface area is 108 Å². The predicted molar refractivity (Wildman–Crippen MR) is 66.2 cm³/mol. The lowest BCUT2D eigenvalue weighted by molar-refractivity contribution is 0.0914. The topological polar surface area (TPSA) is 65.8 Å². The molecule has 1 N–H and O–H groups in total. The third-order valence-corrected chi connectivity index (χ3v) is 3.64. The lowest BCUT2D eigenvalue weighted by Crippen LogP contribution is -2.45. The molecule has 0 spiro atoms. The fourth-order valence-corrected chi connectivity index (χ4v) is 2.51. The largest absolute Gasteiger partial charge is 0.332 e.